The highest BCUT2D eigenvalue weighted by Gasteiger charge is 2.43. The number of aliphatic hydroxyl groups is 1. The molecule has 1 N–H and O–H groups in total. The van der Waals surface area contributed by atoms with Gasteiger partial charge in [-0.05, 0) is 12.8 Å². The quantitative estimate of drug-likeness (QED) is 0.732. The number of nitrogens with zero attached hydrogens (tertiary/aromatic N) is 2. The van der Waals surface area contributed by atoms with Gasteiger partial charge < -0.3 is 19.6 Å². The predicted molar refractivity (Wildman–Crippen MR) is 68.4 cm³/mol. The van der Waals surface area contributed by atoms with Crippen molar-refractivity contribution in [3.8, 4) is 0 Å². The van der Waals surface area contributed by atoms with Gasteiger partial charge in [-0.3, -0.25) is 9.59 Å². The number of rotatable bonds is 2. The van der Waals surface area contributed by atoms with Crippen LogP contribution in [0.1, 0.15) is 19.8 Å². The van der Waals surface area contributed by atoms with Gasteiger partial charge in [-0.2, -0.15) is 0 Å². The molecule has 0 aromatic rings. The molecular weight excluding hydrogens is 248 g/mol. The predicted octanol–water partition coefficient (Wildman–Crippen LogP) is -0.537. The number of aliphatic hydroxyl groups excluding tert-OH is 1. The summed E-state index contributed by atoms with van der Waals surface area (Å²) in [4.78, 5) is 27.0. The average Bonchev–Trinajstić information content (AvgIpc) is 2.79. The molecule has 108 valence electrons. The van der Waals surface area contributed by atoms with Gasteiger partial charge in [0.2, 0.25) is 11.8 Å². The van der Waals surface area contributed by atoms with E-state index in [1.54, 1.807) is 11.9 Å². The lowest BCUT2D eigenvalue weighted by atomic mass is 10.0. The van der Waals surface area contributed by atoms with Gasteiger partial charge in [0, 0.05) is 27.1 Å². The lowest BCUT2D eigenvalue weighted by Crippen LogP contribution is -2.48. The Hall–Kier alpha value is -1.14. The number of likely N-dealkylation sites (N-methyl/N-ethyl adjacent to an activating group) is 1. The standard InChI is InChI=1S/C13H22N2O4/c1-9(16)14(2)11-4-3-10(12(11)17)13(18)15-5-7-19-8-6-15/h10-12,17H,3-8H2,1-2H3/t10-,11-,12+/m1/s1. The average molecular weight is 270 g/mol. The summed E-state index contributed by atoms with van der Waals surface area (Å²) in [6, 6.07) is -0.243. The molecule has 2 aliphatic rings. The molecule has 6 nitrogen and oxygen atoms in total. The molecule has 0 unspecified atom stereocenters. The first-order chi connectivity index (χ1) is 9.02. The van der Waals surface area contributed by atoms with Gasteiger partial charge in [-0.25, -0.2) is 0 Å². The van der Waals surface area contributed by atoms with E-state index in [4.69, 9.17) is 4.74 Å². The SMILES string of the molecule is CC(=O)N(C)[C@@H]1CC[C@@H](C(=O)N2CCOCC2)[C@@H]1O. The summed E-state index contributed by atoms with van der Waals surface area (Å²) in [6.07, 6.45) is 0.557. The molecule has 2 fully saturated rings. The van der Waals surface area contributed by atoms with Gasteiger partial charge in [0.1, 0.15) is 0 Å². The minimum Gasteiger partial charge on any atom is -0.390 e. The lowest BCUT2D eigenvalue weighted by Gasteiger charge is -2.32. The van der Waals surface area contributed by atoms with Gasteiger partial charge >= 0.3 is 0 Å². The van der Waals surface area contributed by atoms with Crippen LogP contribution in [0.25, 0.3) is 0 Å². The summed E-state index contributed by atoms with van der Waals surface area (Å²) < 4.78 is 5.22. The number of hydrogen-bond donors (Lipinski definition) is 1. The summed E-state index contributed by atoms with van der Waals surface area (Å²) in [5.74, 6) is -0.469. The summed E-state index contributed by atoms with van der Waals surface area (Å²) in [7, 11) is 1.68. The Kier molecular flexibility index (Phi) is 4.42. The summed E-state index contributed by atoms with van der Waals surface area (Å²) in [6.45, 7) is 3.78. The van der Waals surface area contributed by atoms with E-state index in [0.717, 1.165) is 0 Å². The molecule has 0 radical (unpaired) electrons. The minimum atomic E-state index is -0.760. The highest BCUT2D eigenvalue weighted by molar-refractivity contribution is 5.80. The van der Waals surface area contributed by atoms with Crippen LogP contribution >= 0.6 is 0 Å². The Bertz CT molecular complexity index is 355. The van der Waals surface area contributed by atoms with Crippen molar-refractivity contribution in [2.45, 2.75) is 31.9 Å². The monoisotopic (exact) mass is 270 g/mol. The van der Waals surface area contributed by atoms with Crippen molar-refractivity contribution in [2.24, 2.45) is 5.92 Å². The maximum absolute atomic E-state index is 12.4. The molecular formula is C13H22N2O4. The van der Waals surface area contributed by atoms with E-state index < -0.39 is 6.10 Å². The van der Waals surface area contributed by atoms with Crippen LogP contribution in [-0.4, -0.2) is 72.2 Å². The molecule has 1 aliphatic heterocycles. The lowest BCUT2D eigenvalue weighted by molar-refractivity contribution is -0.144. The Morgan fingerprint density at radius 2 is 1.89 bits per heavy atom. The van der Waals surface area contributed by atoms with E-state index in [0.29, 0.717) is 39.1 Å². The fourth-order valence-electron chi connectivity index (χ4n) is 2.90. The van der Waals surface area contributed by atoms with Crippen molar-refractivity contribution in [1.82, 2.24) is 9.80 Å². The van der Waals surface area contributed by atoms with Gasteiger partial charge in [-0.1, -0.05) is 0 Å². The first kappa shape index (κ1) is 14.3. The van der Waals surface area contributed by atoms with Gasteiger partial charge in [-0.15, -0.1) is 0 Å². The van der Waals surface area contributed by atoms with Gasteiger partial charge in [0.05, 0.1) is 31.3 Å². The van der Waals surface area contributed by atoms with E-state index in [1.807, 2.05) is 0 Å². The Morgan fingerprint density at radius 1 is 1.26 bits per heavy atom. The number of carbonyl (C=O) groups is 2. The van der Waals surface area contributed by atoms with Gasteiger partial charge in [0.25, 0.3) is 0 Å². The second kappa shape index (κ2) is 5.88. The fourth-order valence-corrected chi connectivity index (χ4v) is 2.90. The number of carbonyl (C=O) groups excluding carboxylic acids is 2. The molecule has 19 heavy (non-hydrogen) atoms. The zero-order valence-electron chi connectivity index (χ0n) is 11.5. The second-order valence-corrected chi connectivity index (χ2v) is 5.31. The molecule has 0 aromatic carbocycles. The Labute approximate surface area is 113 Å². The van der Waals surface area contributed by atoms with Crippen molar-refractivity contribution >= 4 is 11.8 Å². The maximum Gasteiger partial charge on any atom is 0.228 e. The third kappa shape index (κ3) is 2.90. The minimum absolute atomic E-state index is 0.00440. The molecule has 1 aliphatic carbocycles. The van der Waals surface area contributed by atoms with E-state index in [-0.39, 0.29) is 23.8 Å². The van der Waals surface area contributed by atoms with Crippen LogP contribution in [0.3, 0.4) is 0 Å². The van der Waals surface area contributed by atoms with Crippen molar-refractivity contribution in [3.63, 3.8) is 0 Å². The topological polar surface area (TPSA) is 70.1 Å². The van der Waals surface area contributed by atoms with Crippen LogP contribution in [0.5, 0.6) is 0 Å². The second-order valence-electron chi connectivity index (χ2n) is 5.31. The normalized spacial score (nSPS) is 31.3. The summed E-state index contributed by atoms with van der Waals surface area (Å²) in [5.41, 5.74) is 0. The van der Waals surface area contributed by atoms with Crippen molar-refractivity contribution in [2.75, 3.05) is 33.4 Å². The zero-order valence-corrected chi connectivity index (χ0v) is 11.5. The number of morpholine rings is 1. The van der Waals surface area contributed by atoms with Crippen molar-refractivity contribution in [1.29, 1.82) is 0 Å². The third-order valence-electron chi connectivity index (χ3n) is 4.21. The number of amides is 2. The van der Waals surface area contributed by atoms with Crippen LogP contribution in [0.15, 0.2) is 0 Å². The molecule has 1 saturated carbocycles. The van der Waals surface area contributed by atoms with E-state index in [9.17, 15) is 14.7 Å². The Balaban J connectivity index is 1.98. The van der Waals surface area contributed by atoms with E-state index in [1.165, 1.54) is 11.8 Å². The molecule has 6 heteroatoms. The smallest absolute Gasteiger partial charge is 0.228 e. The third-order valence-corrected chi connectivity index (χ3v) is 4.21. The summed E-state index contributed by atoms with van der Waals surface area (Å²) in [5, 5.41) is 10.3. The molecule has 0 aromatic heterocycles. The van der Waals surface area contributed by atoms with Crippen molar-refractivity contribution < 1.29 is 19.4 Å². The van der Waals surface area contributed by atoms with Crippen LogP contribution in [-0.2, 0) is 14.3 Å². The summed E-state index contributed by atoms with van der Waals surface area (Å²) >= 11 is 0. The van der Waals surface area contributed by atoms with Crippen LogP contribution < -0.4 is 0 Å². The molecule has 1 saturated heterocycles. The van der Waals surface area contributed by atoms with Crippen LogP contribution in [0, 0.1) is 5.92 Å². The van der Waals surface area contributed by atoms with Crippen LogP contribution in [0.2, 0.25) is 0 Å². The van der Waals surface area contributed by atoms with E-state index in [2.05, 4.69) is 0 Å². The molecule has 1 heterocycles. The highest BCUT2D eigenvalue weighted by Crippen LogP contribution is 2.31. The molecule has 3 atom stereocenters. The zero-order chi connectivity index (χ0) is 14.0. The first-order valence-electron chi connectivity index (χ1n) is 6.80. The Morgan fingerprint density at radius 3 is 2.47 bits per heavy atom. The molecule has 2 amide bonds. The van der Waals surface area contributed by atoms with Crippen molar-refractivity contribution in [3.05, 3.63) is 0 Å². The number of hydrogen-bond acceptors (Lipinski definition) is 4. The van der Waals surface area contributed by atoms with Crippen LogP contribution in [0.4, 0.5) is 0 Å². The molecule has 0 bridgehead atoms. The molecule has 0 spiro atoms. The largest absolute Gasteiger partial charge is 0.390 e. The fraction of sp³-hybridized carbons (Fsp3) is 0.846. The molecule has 2 rings (SSSR count). The van der Waals surface area contributed by atoms with Gasteiger partial charge in [0.15, 0.2) is 0 Å². The van der Waals surface area contributed by atoms with E-state index >= 15 is 0 Å². The first-order valence-corrected chi connectivity index (χ1v) is 6.80. The highest BCUT2D eigenvalue weighted by atomic mass is 16.5. The maximum atomic E-state index is 12.4. The number of ether oxygens (including phenoxy) is 1.